The van der Waals surface area contributed by atoms with Gasteiger partial charge >= 0.3 is 0 Å². The minimum Gasteiger partial charge on any atom is -0.302 e. The van der Waals surface area contributed by atoms with E-state index in [1.165, 1.54) is 17.4 Å². The molecule has 0 radical (unpaired) electrons. The molecule has 0 saturated carbocycles. The minimum atomic E-state index is -0.834. The molecule has 96 valence electrons. The molecule has 0 aliphatic carbocycles. The van der Waals surface area contributed by atoms with Crippen LogP contribution in [-0.2, 0) is 0 Å². The lowest BCUT2D eigenvalue weighted by atomic mass is 10.1. The van der Waals surface area contributed by atoms with E-state index in [0.29, 0.717) is 5.56 Å². The zero-order chi connectivity index (χ0) is 13.1. The van der Waals surface area contributed by atoms with Gasteiger partial charge in [-0.2, -0.15) is 0 Å². The first-order valence-electron chi connectivity index (χ1n) is 5.69. The van der Waals surface area contributed by atoms with Gasteiger partial charge in [0, 0.05) is 23.2 Å². The Bertz CT molecular complexity index is 512. The monoisotopic (exact) mass is 268 g/mol. The summed E-state index contributed by atoms with van der Waals surface area (Å²) < 4.78 is 27.2. The maximum absolute atomic E-state index is 13.9. The molecule has 0 aliphatic rings. The largest absolute Gasteiger partial charge is 0.302 e. The molecule has 0 bridgehead atoms. The van der Waals surface area contributed by atoms with Gasteiger partial charge in [-0.25, -0.2) is 13.8 Å². The van der Waals surface area contributed by atoms with Gasteiger partial charge in [0.25, 0.3) is 0 Å². The highest BCUT2D eigenvalue weighted by Crippen LogP contribution is 2.27. The highest BCUT2D eigenvalue weighted by Gasteiger charge is 2.22. The van der Waals surface area contributed by atoms with Gasteiger partial charge in [-0.3, -0.25) is 0 Å². The van der Waals surface area contributed by atoms with Crippen LogP contribution in [0.4, 0.5) is 8.78 Å². The van der Waals surface area contributed by atoms with Gasteiger partial charge in [0.1, 0.15) is 5.01 Å². The Morgan fingerprint density at radius 1 is 1.28 bits per heavy atom. The molecule has 1 heterocycles. The maximum Gasteiger partial charge on any atom is 0.164 e. The van der Waals surface area contributed by atoms with Crippen molar-refractivity contribution in [2.24, 2.45) is 0 Å². The van der Waals surface area contributed by atoms with Crippen LogP contribution in [0.25, 0.3) is 0 Å². The molecule has 1 unspecified atom stereocenters. The molecule has 2 rings (SSSR count). The van der Waals surface area contributed by atoms with E-state index in [-0.39, 0.29) is 6.04 Å². The van der Waals surface area contributed by atoms with Crippen molar-refractivity contribution in [1.82, 2.24) is 10.3 Å². The lowest BCUT2D eigenvalue weighted by Crippen LogP contribution is -2.29. The Morgan fingerprint density at radius 2 is 2.06 bits per heavy atom. The number of nitrogens with zero attached hydrogens (tertiary/aromatic N) is 1. The number of hydrogen-bond donors (Lipinski definition) is 1. The molecule has 1 atom stereocenters. The highest BCUT2D eigenvalue weighted by molar-refractivity contribution is 7.09. The minimum absolute atomic E-state index is 0.140. The van der Waals surface area contributed by atoms with Crippen LogP contribution < -0.4 is 5.32 Å². The summed E-state index contributed by atoms with van der Waals surface area (Å²) in [4.78, 5) is 4.18. The predicted octanol–water partition coefficient (Wildman–Crippen LogP) is 3.51. The van der Waals surface area contributed by atoms with Crippen molar-refractivity contribution in [3.05, 3.63) is 52.0 Å². The van der Waals surface area contributed by atoms with Gasteiger partial charge < -0.3 is 5.32 Å². The van der Waals surface area contributed by atoms with Gasteiger partial charge in [-0.15, -0.1) is 11.3 Å². The zero-order valence-electron chi connectivity index (χ0n) is 10.2. The smallest absolute Gasteiger partial charge is 0.164 e. The first-order valence-corrected chi connectivity index (χ1v) is 6.57. The molecule has 0 fully saturated rings. The van der Waals surface area contributed by atoms with Gasteiger partial charge in [0.15, 0.2) is 11.6 Å². The van der Waals surface area contributed by atoms with Crippen molar-refractivity contribution in [2.45, 2.75) is 25.9 Å². The number of halogens is 2. The second-order valence-electron chi connectivity index (χ2n) is 4.27. The van der Waals surface area contributed by atoms with Crippen LogP contribution in [0.15, 0.2) is 29.8 Å². The third kappa shape index (κ3) is 2.73. The predicted molar refractivity (Wildman–Crippen MR) is 68.6 cm³/mol. The van der Waals surface area contributed by atoms with Crippen LogP contribution in [-0.4, -0.2) is 11.0 Å². The van der Waals surface area contributed by atoms with Crippen molar-refractivity contribution >= 4 is 11.3 Å². The van der Waals surface area contributed by atoms with Gasteiger partial charge in [-0.1, -0.05) is 12.1 Å². The topological polar surface area (TPSA) is 24.9 Å². The van der Waals surface area contributed by atoms with Gasteiger partial charge in [-0.05, 0) is 19.9 Å². The molecule has 2 nitrogen and oxygen atoms in total. The molecule has 0 aliphatic heterocycles. The number of hydrogen-bond acceptors (Lipinski definition) is 3. The fraction of sp³-hybridized carbons (Fsp3) is 0.308. The Kier molecular flexibility index (Phi) is 4.04. The van der Waals surface area contributed by atoms with Crippen LogP contribution in [0.1, 0.15) is 30.5 Å². The highest BCUT2D eigenvalue weighted by atomic mass is 32.1. The van der Waals surface area contributed by atoms with Crippen molar-refractivity contribution in [2.75, 3.05) is 0 Å². The lowest BCUT2D eigenvalue weighted by Gasteiger charge is -2.20. The normalized spacial score (nSPS) is 12.9. The van der Waals surface area contributed by atoms with E-state index in [4.69, 9.17) is 0 Å². The molecule has 1 N–H and O–H groups in total. The number of aromatic nitrogens is 1. The molecule has 0 saturated heterocycles. The molecule has 0 spiro atoms. The van der Waals surface area contributed by atoms with Crippen LogP contribution in [0.5, 0.6) is 0 Å². The summed E-state index contributed by atoms with van der Waals surface area (Å²) in [6.45, 7) is 3.91. The second kappa shape index (κ2) is 5.54. The van der Waals surface area contributed by atoms with E-state index >= 15 is 0 Å². The molecule has 18 heavy (non-hydrogen) atoms. The first kappa shape index (κ1) is 13.1. The average Bonchev–Trinajstić information content (AvgIpc) is 2.83. The fourth-order valence-electron chi connectivity index (χ4n) is 1.75. The van der Waals surface area contributed by atoms with E-state index in [9.17, 15) is 8.78 Å². The Hall–Kier alpha value is -1.33. The van der Waals surface area contributed by atoms with Gasteiger partial charge in [0.2, 0.25) is 0 Å². The molecular weight excluding hydrogens is 254 g/mol. The summed E-state index contributed by atoms with van der Waals surface area (Å²) in [6.07, 6.45) is 1.66. The van der Waals surface area contributed by atoms with Crippen LogP contribution in [0, 0.1) is 11.6 Å². The van der Waals surface area contributed by atoms with Crippen LogP contribution >= 0.6 is 11.3 Å². The van der Waals surface area contributed by atoms with Gasteiger partial charge in [0.05, 0.1) is 6.04 Å². The summed E-state index contributed by atoms with van der Waals surface area (Å²) in [5.41, 5.74) is 0.290. The number of nitrogens with one attached hydrogen (secondary N) is 1. The van der Waals surface area contributed by atoms with E-state index in [0.717, 1.165) is 11.1 Å². The third-order valence-electron chi connectivity index (χ3n) is 2.49. The quantitative estimate of drug-likeness (QED) is 0.918. The van der Waals surface area contributed by atoms with E-state index < -0.39 is 17.7 Å². The van der Waals surface area contributed by atoms with Crippen molar-refractivity contribution < 1.29 is 8.78 Å². The van der Waals surface area contributed by atoms with Crippen molar-refractivity contribution in [1.29, 1.82) is 0 Å². The average molecular weight is 268 g/mol. The van der Waals surface area contributed by atoms with Crippen LogP contribution in [0.3, 0.4) is 0 Å². The first-order chi connectivity index (χ1) is 8.59. The summed E-state index contributed by atoms with van der Waals surface area (Å²) in [6, 6.07) is 3.94. The van der Waals surface area contributed by atoms with Crippen molar-refractivity contribution in [3.8, 4) is 0 Å². The van der Waals surface area contributed by atoms with E-state index in [1.54, 1.807) is 12.3 Å². The van der Waals surface area contributed by atoms with Crippen molar-refractivity contribution in [3.63, 3.8) is 0 Å². The van der Waals surface area contributed by atoms with E-state index in [1.807, 2.05) is 19.2 Å². The Labute approximate surface area is 109 Å². The van der Waals surface area contributed by atoms with Crippen LogP contribution in [0.2, 0.25) is 0 Å². The molecule has 5 heteroatoms. The zero-order valence-corrected chi connectivity index (χ0v) is 11.0. The van der Waals surface area contributed by atoms with E-state index in [2.05, 4.69) is 10.3 Å². The SMILES string of the molecule is CC(C)NC(c1nccs1)c1cccc(F)c1F. The molecule has 1 aromatic carbocycles. The Morgan fingerprint density at radius 3 is 2.67 bits per heavy atom. The maximum atomic E-state index is 13.9. The molecule has 1 aromatic heterocycles. The number of rotatable bonds is 4. The molecular formula is C13H14F2N2S. The standard InChI is InChI=1S/C13H14F2N2S/c1-8(2)17-12(13-16-6-7-18-13)9-4-3-5-10(14)11(9)15/h3-8,12,17H,1-2H3. The Balaban J connectivity index is 2.43. The summed E-state index contributed by atoms with van der Waals surface area (Å²) >= 11 is 1.42. The molecule has 0 amide bonds. The summed E-state index contributed by atoms with van der Waals surface area (Å²) in [5.74, 6) is -1.65. The number of benzene rings is 1. The third-order valence-corrected chi connectivity index (χ3v) is 3.33. The lowest BCUT2D eigenvalue weighted by molar-refractivity contribution is 0.465. The number of thiazole rings is 1. The fourth-order valence-corrected chi connectivity index (χ4v) is 2.46. The second-order valence-corrected chi connectivity index (χ2v) is 5.19. The molecule has 2 aromatic rings. The summed E-state index contributed by atoms with van der Waals surface area (Å²) in [5, 5.41) is 5.76. The summed E-state index contributed by atoms with van der Waals surface area (Å²) in [7, 11) is 0.